The third-order valence-electron chi connectivity index (χ3n) is 4.79. The zero-order valence-electron chi connectivity index (χ0n) is 15.4. The van der Waals surface area contributed by atoms with Gasteiger partial charge in [0, 0.05) is 24.8 Å². The summed E-state index contributed by atoms with van der Waals surface area (Å²) in [6.45, 7) is 4.88. The first-order valence-electron chi connectivity index (χ1n) is 8.98. The Morgan fingerprint density at radius 3 is 2.72 bits per heavy atom. The first-order valence-corrected chi connectivity index (χ1v) is 8.98. The summed E-state index contributed by atoms with van der Waals surface area (Å²) in [7, 11) is 4.15. The van der Waals surface area contributed by atoms with E-state index in [1.807, 2.05) is 25.3 Å². The number of hydrogen-bond acceptors (Lipinski definition) is 4. The molecule has 1 fully saturated rings. The highest BCUT2D eigenvalue weighted by Crippen LogP contribution is 2.33. The Balaban J connectivity index is 1.74. The largest absolute Gasteiger partial charge is 0.305 e. The third kappa shape index (κ3) is 4.61. The van der Waals surface area contributed by atoms with Gasteiger partial charge in [0.2, 0.25) is 0 Å². The quantitative estimate of drug-likeness (QED) is 0.806. The Kier molecular flexibility index (Phi) is 5.76. The molecule has 1 aromatic carbocycles. The molecular formula is C20H27FN4. The summed E-state index contributed by atoms with van der Waals surface area (Å²) < 4.78 is 13.1. The van der Waals surface area contributed by atoms with E-state index in [0.29, 0.717) is 6.04 Å². The van der Waals surface area contributed by atoms with Gasteiger partial charge < -0.3 is 4.90 Å². The average Bonchev–Trinajstić information content (AvgIpc) is 3.04. The van der Waals surface area contributed by atoms with E-state index in [9.17, 15) is 4.39 Å². The zero-order valence-corrected chi connectivity index (χ0v) is 15.4. The smallest absolute Gasteiger partial charge is 0.125 e. The predicted molar refractivity (Wildman–Crippen MR) is 97.8 cm³/mol. The van der Waals surface area contributed by atoms with Gasteiger partial charge in [0.05, 0.1) is 11.7 Å². The van der Waals surface area contributed by atoms with Crippen molar-refractivity contribution in [2.24, 2.45) is 0 Å². The van der Waals surface area contributed by atoms with Crippen molar-refractivity contribution in [3.8, 4) is 0 Å². The third-order valence-corrected chi connectivity index (χ3v) is 4.79. The molecule has 2 aromatic rings. The van der Waals surface area contributed by atoms with Crippen molar-refractivity contribution in [2.45, 2.75) is 38.8 Å². The van der Waals surface area contributed by atoms with Crippen LogP contribution < -0.4 is 0 Å². The minimum atomic E-state index is -0.174. The van der Waals surface area contributed by atoms with E-state index in [1.54, 1.807) is 12.1 Å². The van der Waals surface area contributed by atoms with Crippen LogP contribution in [0.15, 0.2) is 30.5 Å². The summed E-state index contributed by atoms with van der Waals surface area (Å²) >= 11 is 0. The fourth-order valence-corrected chi connectivity index (χ4v) is 3.59. The molecule has 3 rings (SSSR count). The van der Waals surface area contributed by atoms with Gasteiger partial charge in [-0.2, -0.15) is 0 Å². The van der Waals surface area contributed by atoms with E-state index in [4.69, 9.17) is 4.98 Å². The Labute approximate surface area is 149 Å². The van der Waals surface area contributed by atoms with E-state index in [-0.39, 0.29) is 5.82 Å². The van der Waals surface area contributed by atoms with Crippen LogP contribution in [0.5, 0.6) is 0 Å². The summed E-state index contributed by atoms with van der Waals surface area (Å²) in [5.74, 6) is 0.662. The second-order valence-corrected chi connectivity index (χ2v) is 7.14. The molecule has 0 saturated carbocycles. The monoisotopic (exact) mass is 342 g/mol. The molecule has 4 nitrogen and oxygen atoms in total. The Morgan fingerprint density at radius 1 is 1.24 bits per heavy atom. The van der Waals surface area contributed by atoms with Gasteiger partial charge in [0.25, 0.3) is 0 Å². The van der Waals surface area contributed by atoms with Crippen molar-refractivity contribution in [3.63, 3.8) is 0 Å². The molecule has 0 N–H and O–H groups in total. The maximum absolute atomic E-state index is 13.1. The number of rotatable bonds is 6. The van der Waals surface area contributed by atoms with Crippen molar-refractivity contribution in [3.05, 3.63) is 58.9 Å². The Hall–Kier alpha value is -1.85. The highest BCUT2D eigenvalue weighted by atomic mass is 19.1. The van der Waals surface area contributed by atoms with Crippen LogP contribution in [0.1, 0.15) is 41.5 Å². The van der Waals surface area contributed by atoms with Crippen molar-refractivity contribution < 1.29 is 4.39 Å². The van der Waals surface area contributed by atoms with Gasteiger partial charge in [-0.1, -0.05) is 12.1 Å². The highest BCUT2D eigenvalue weighted by Gasteiger charge is 2.29. The van der Waals surface area contributed by atoms with Crippen molar-refractivity contribution in [2.75, 3.05) is 27.2 Å². The lowest BCUT2D eigenvalue weighted by molar-refractivity contribution is 0.252. The Bertz CT molecular complexity index is 699. The summed E-state index contributed by atoms with van der Waals surface area (Å²) in [6.07, 6.45) is 5.25. The van der Waals surface area contributed by atoms with Gasteiger partial charge in [-0.15, -0.1) is 0 Å². The standard InChI is InChI=1S/C20H27FN4/c1-15-22-13-17(14-24(2)3)20(23-15)19-5-4-11-25(19)12-10-16-6-8-18(21)9-7-16/h6-9,13,19H,4-5,10-12,14H2,1-3H3. The molecule has 1 aliphatic heterocycles. The van der Waals surface area contributed by atoms with Crippen LogP contribution in [0.25, 0.3) is 0 Å². The van der Waals surface area contributed by atoms with Gasteiger partial charge in [0.1, 0.15) is 11.6 Å². The zero-order chi connectivity index (χ0) is 17.8. The molecule has 0 spiro atoms. The van der Waals surface area contributed by atoms with E-state index in [1.165, 1.54) is 23.2 Å². The van der Waals surface area contributed by atoms with Gasteiger partial charge in [-0.3, -0.25) is 4.90 Å². The van der Waals surface area contributed by atoms with Crippen LogP contribution >= 0.6 is 0 Å². The highest BCUT2D eigenvalue weighted by molar-refractivity contribution is 5.23. The molecule has 1 saturated heterocycles. The van der Waals surface area contributed by atoms with Crippen LogP contribution in [0.3, 0.4) is 0 Å². The molecule has 25 heavy (non-hydrogen) atoms. The van der Waals surface area contributed by atoms with Crippen molar-refractivity contribution in [1.82, 2.24) is 19.8 Å². The fraction of sp³-hybridized carbons (Fsp3) is 0.500. The van der Waals surface area contributed by atoms with Gasteiger partial charge in [0.15, 0.2) is 0 Å². The fourth-order valence-electron chi connectivity index (χ4n) is 3.59. The van der Waals surface area contributed by atoms with Crippen molar-refractivity contribution in [1.29, 1.82) is 0 Å². The van der Waals surface area contributed by atoms with Crippen molar-refractivity contribution >= 4 is 0 Å². The topological polar surface area (TPSA) is 32.3 Å². The first-order chi connectivity index (χ1) is 12.0. The average molecular weight is 342 g/mol. The predicted octanol–water partition coefficient (Wildman–Crippen LogP) is 3.37. The summed E-state index contributed by atoms with van der Waals surface area (Å²) in [6, 6.07) is 7.20. The van der Waals surface area contributed by atoms with E-state index in [2.05, 4.69) is 28.9 Å². The van der Waals surface area contributed by atoms with Crippen LogP contribution in [-0.4, -0.2) is 47.0 Å². The number of halogens is 1. The van der Waals surface area contributed by atoms with Crippen LogP contribution in [-0.2, 0) is 13.0 Å². The normalized spacial score (nSPS) is 18.2. The van der Waals surface area contributed by atoms with E-state index in [0.717, 1.165) is 38.3 Å². The number of aromatic nitrogens is 2. The molecule has 0 bridgehead atoms. The number of nitrogens with zero attached hydrogens (tertiary/aromatic N) is 4. The number of aryl methyl sites for hydroxylation is 1. The molecule has 5 heteroatoms. The van der Waals surface area contributed by atoms with Gasteiger partial charge in [-0.25, -0.2) is 14.4 Å². The molecule has 2 heterocycles. The lowest BCUT2D eigenvalue weighted by Gasteiger charge is -2.26. The summed E-state index contributed by atoms with van der Waals surface area (Å²) in [4.78, 5) is 13.9. The van der Waals surface area contributed by atoms with Gasteiger partial charge >= 0.3 is 0 Å². The Morgan fingerprint density at radius 2 is 2.00 bits per heavy atom. The second-order valence-electron chi connectivity index (χ2n) is 7.14. The van der Waals surface area contributed by atoms with Crippen LogP contribution in [0.2, 0.25) is 0 Å². The summed E-state index contributed by atoms with van der Waals surface area (Å²) in [5, 5.41) is 0. The van der Waals surface area contributed by atoms with E-state index >= 15 is 0 Å². The molecule has 1 unspecified atom stereocenters. The first kappa shape index (κ1) is 18.0. The molecule has 1 aromatic heterocycles. The number of benzene rings is 1. The molecule has 134 valence electrons. The number of likely N-dealkylation sites (tertiary alicyclic amines) is 1. The maximum atomic E-state index is 13.1. The molecular weight excluding hydrogens is 315 g/mol. The minimum Gasteiger partial charge on any atom is -0.305 e. The lowest BCUT2D eigenvalue weighted by Crippen LogP contribution is -2.28. The molecule has 0 amide bonds. The lowest BCUT2D eigenvalue weighted by atomic mass is 10.0. The summed E-state index contributed by atoms with van der Waals surface area (Å²) in [5.41, 5.74) is 3.58. The molecule has 0 radical (unpaired) electrons. The number of hydrogen-bond donors (Lipinski definition) is 0. The minimum absolute atomic E-state index is 0.174. The maximum Gasteiger partial charge on any atom is 0.125 e. The SMILES string of the molecule is Cc1ncc(CN(C)C)c(C2CCCN2CCc2ccc(F)cc2)n1. The molecule has 1 aliphatic rings. The van der Waals surface area contributed by atoms with E-state index < -0.39 is 0 Å². The van der Waals surface area contributed by atoms with Gasteiger partial charge in [-0.05, 0) is 64.5 Å². The van der Waals surface area contributed by atoms with Crippen LogP contribution in [0, 0.1) is 12.7 Å². The molecule has 0 aliphatic carbocycles. The van der Waals surface area contributed by atoms with Crippen LogP contribution in [0.4, 0.5) is 4.39 Å². The molecule has 1 atom stereocenters. The second kappa shape index (κ2) is 8.02.